The largest absolute Gasteiger partial charge is 0.492 e. The van der Waals surface area contributed by atoms with Crippen LogP contribution in [0.15, 0.2) is 24.3 Å². The first-order valence-electron chi connectivity index (χ1n) is 7.35. The Bertz CT molecular complexity index is 467. The minimum Gasteiger partial charge on any atom is -0.492 e. The second-order valence-electron chi connectivity index (χ2n) is 6.22. The van der Waals surface area contributed by atoms with Crippen molar-refractivity contribution in [3.63, 3.8) is 0 Å². The molecule has 1 aliphatic rings. The Kier molecular flexibility index (Phi) is 5.27. The highest BCUT2D eigenvalue weighted by molar-refractivity contribution is 6.58. The smallest absolute Gasteiger partial charge is 0.488 e. The maximum atomic E-state index is 9.14. The van der Waals surface area contributed by atoms with Crippen molar-refractivity contribution >= 4 is 12.6 Å². The number of hydrogen-bond donors (Lipinski definition) is 2. The van der Waals surface area contributed by atoms with E-state index in [4.69, 9.17) is 19.5 Å². The molecule has 0 spiro atoms. The fourth-order valence-electron chi connectivity index (χ4n) is 2.81. The van der Waals surface area contributed by atoms with Crippen molar-refractivity contribution < 1.29 is 19.5 Å². The van der Waals surface area contributed by atoms with Crippen LogP contribution in [0.25, 0.3) is 0 Å². The van der Waals surface area contributed by atoms with Crippen molar-refractivity contribution in [3.05, 3.63) is 24.3 Å². The highest BCUT2D eigenvalue weighted by atomic mass is 16.5. The molecule has 1 atom stereocenters. The third-order valence-electron chi connectivity index (χ3n) is 3.47. The van der Waals surface area contributed by atoms with E-state index >= 15 is 0 Å². The summed E-state index contributed by atoms with van der Waals surface area (Å²) in [5.41, 5.74) is 0.312. The first-order chi connectivity index (χ1) is 9.85. The minimum atomic E-state index is -1.46. The van der Waals surface area contributed by atoms with Gasteiger partial charge in [0.2, 0.25) is 0 Å². The van der Waals surface area contributed by atoms with E-state index in [1.165, 1.54) is 0 Å². The molecule has 2 N–H and O–H groups in total. The summed E-state index contributed by atoms with van der Waals surface area (Å²) in [4.78, 5) is 2.33. The zero-order valence-electron chi connectivity index (χ0n) is 13.0. The molecule has 1 aromatic carbocycles. The van der Waals surface area contributed by atoms with E-state index in [0.29, 0.717) is 17.8 Å². The van der Waals surface area contributed by atoms with Crippen LogP contribution >= 0.6 is 0 Å². The fraction of sp³-hybridized carbons (Fsp3) is 0.600. The van der Waals surface area contributed by atoms with Gasteiger partial charge in [0.05, 0.1) is 11.7 Å². The summed E-state index contributed by atoms with van der Waals surface area (Å²) in [5.74, 6) is 0.654. The molecule has 1 heterocycles. The molecule has 1 unspecified atom stereocenters. The van der Waals surface area contributed by atoms with E-state index < -0.39 is 7.12 Å². The molecule has 1 aliphatic heterocycles. The SMILES string of the molecule is CC1CN(CCOc2cccc(B(O)O)c2)CC(C)(C)O1. The van der Waals surface area contributed by atoms with Gasteiger partial charge in [0, 0.05) is 19.6 Å². The second kappa shape index (κ2) is 6.79. The van der Waals surface area contributed by atoms with E-state index in [2.05, 4.69) is 25.7 Å². The third-order valence-corrected chi connectivity index (χ3v) is 3.47. The van der Waals surface area contributed by atoms with Crippen LogP contribution in [-0.2, 0) is 4.74 Å². The van der Waals surface area contributed by atoms with Crippen LogP contribution in [0, 0.1) is 0 Å². The fourth-order valence-corrected chi connectivity index (χ4v) is 2.81. The highest BCUT2D eigenvalue weighted by Gasteiger charge is 2.30. The van der Waals surface area contributed by atoms with Gasteiger partial charge in [0.25, 0.3) is 0 Å². The molecular weight excluding hydrogens is 269 g/mol. The standard InChI is InChI=1S/C15H24BNO4/c1-12-10-17(11-15(2,3)21-12)7-8-20-14-6-4-5-13(9-14)16(18)19/h4-6,9,12,18-19H,7-8,10-11H2,1-3H3. The first-order valence-corrected chi connectivity index (χ1v) is 7.35. The molecule has 0 amide bonds. The number of rotatable bonds is 5. The number of ether oxygens (including phenoxy) is 2. The second-order valence-corrected chi connectivity index (χ2v) is 6.22. The van der Waals surface area contributed by atoms with Crippen molar-refractivity contribution in [2.24, 2.45) is 0 Å². The molecule has 0 aromatic heterocycles. The quantitative estimate of drug-likeness (QED) is 0.762. The van der Waals surface area contributed by atoms with Crippen LogP contribution in [0.3, 0.4) is 0 Å². The molecule has 1 aromatic rings. The van der Waals surface area contributed by atoms with Gasteiger partial charge in [-0.05, 0) is 38.4 Å². The molecule has 5 nitrogen and oxygen atoms in total. The van der Waals surface area contributed by atoms with Gasteiger partial charge in [-0.1, -0.05) is 12.1 Å². The van der Waals surface area contributed by atoms with E-state index in [0.717, 1.165) is 19.6 Å². The molecule has 0 bridgehead atoms. The Balaban J connectivity index is 1.83. The average molecular weight is 293 g/mol. The maximum absolute atomic E-state index is 9.14. The molecule has 0 saturated carbocycles. The molecule has 1 fully saturated rings. The summed E-state index contributed by atoms with van der Waals surface area (Å²) in [6.07, 6.45) is 0.224. The van der Waals surface area contributed by atoms with Gasteiger partial charge >= 0.3 is 7.12 Å². The highest BCUT2D eigenvalue weighted by Crippen LogP contribution is 2.20. The van der Waals surface area contributed by atoms with Crippen molar-refractivity contribution in [3.8, 4) is 5.75 Å². The maximum Gasteiger partial charge on any atom is 0.488 e. The van der Waals surface area contributed by atoms with Crippen LogP contribution in [-0.4, -0.2) is 60.0 Å². The van der Waals surface area contributed by atoms with Crippen molar-refractivity contribution in [1.29, 1.82) is 0 Å². The Morgan fingerprint density at radius 3 is 2.86 bits per heavy atom. The number of nitrogens with zero attached hydrogens (tertiary/aromatic N) is 1. The Morgan fingerprint density at radius 1 is 1.43 bits per heavy atom. The first kappa shape index (κ1) is 16.3. The van der Waals surface area contributed by atoms with Crippen molar-refractivity contribution in [2.45, 2.75) is 32.5 Å². The molecule has 21 heavy (non-hydrogen) atoms. The lowest BCUT2D eigenvalue weighted by molar-refractivity contribution is -0.129. The monoisotopic (exact) mass is 293 g/mol. The van der Waals surface area contributed by atoms with E-state index in [-0.39, 0.29) is 11.7 Å². The third kappa shape index (κ3) is 5.00. The minimum absolute atomic E-state index is 0.126. The van der Waals surface area contributed by atoms with Gasteiger partial charge in [0.15, 0.2) is 0 Å². The average Bonchev–Trinajstić information content (AvgIpc) is 2.36. The zero-order chi connectivity index (χ0) is 15.5. The molecular formula is C15H24BNO4. The number of morpholine rings is 1. The predicted octanol–water partition coefficient (Wildman–Crippen LogP) is 0.244. The van der Waals surface area contributed by atoms with Gasteiger partial charge in [-0.2, -0.15) is 0 Å². The number of benzene rings is 1. The Labute approximate surface area is 126 Å². The summed E-state index contributed by atoms with van der Waals surface area (Å²) in [6.45, 7) is 9.46. The molecule has 1 saturated heterocycles. The predicted molar refractivity (Wildman–Crippen MR) is 82.8 cm³/mol. The Morgan fingerprint density at radius 2 is 2.19 bits per heavy atom. The Hall–Kier alpha value is -1.08. The molecule has 0 radical (unpaired) electrons. The summed E-state index contributed by atoms with van der Waals surface area (Å²) >= 11 is 0. The lowest BCUT2D eigenvalue weighted by atomic mass is 9.80. The topological polar surface area (TPSA) is 62.2 Å². The van der Waals surface area contributed by atoms with Gasteiger partial charge in [-0.25, -0.2) is 0 Å². The van der Waals surface area contributed by atoms with E-state index in [1.54, 1.807) is 18.2 Å². The van der Waals surface area contributed by atoms with Gasteiger partial charge in [0.1, 0.15) is 12.4 Å². The lowest BCUT2D eigenvalue weighted by Gasteiger charge is -2.41. The molecule has 0 aliphatic carbocycles. The lowest BCUT2D eigenvalue weighted by Crippen LogP contribution is -2.52. The summed E-state index contributed by atoms with van der Waals surface area (Å²) in [6, 6.07) is 6.88. The van der Waals surface area contributed by atoms with Crippen LogP contribution in [0.4, 0.5) is 0 Å². The van der Waals surface area contributed by atoms with E-state index in [9.17, 15) is 0 Å². The van der Waals surface area contributed by atoms with Crippen LogP contribution in [0.2, 0.25) is 0 Å². The van der Waals surface area contributed by atoms with Crippen molar-refractivity contribution in [2.75, 3.05) is 26.2 Å². The summed E-state index contributed by atoms with van der Waals surface area (Å²) in [5, 5.41) is 18.3. The van der Waals surface area contributed by atoms with Crippen LogP contribution in [0.5, 0.6) is 5.75 Å². The van der Waals surface area contributed by atoms with Crippen molar-refractivity contribution in [1.82, 2.24) is 4.90 Å². The summed E-state index contributed by atoms with van der Waals surface area (Å²) in [7, 11) is -1.46. The van der Waals surface area contributed by atoms with E-state index in [1.807, 2.05) is 6.07 Å². The van der Waals surface area contributed by atoms with Gasteiger partial charge in [-0.3, -0.25) is 4.90 Å². The van der Waals surface area contributed by atoms with Crippen LogP contribution < -0.4 is 10.2 Å². The number of hydrogen-bond acceptors (Lipinski definition) is 5. The summed E-state index contributed by atoms with van der Waals surface area (Å²) < 4.78 is 11.6. The zero-order valence-corrected chi connectivity index (χ0v) is 13.0. The normalized spacial score (nSPS) is 22.0. The van der Waals surface area contributed by atoms with Gasteiger partial charge < -0.3 is 19.5 Å². The molecule has 116 valence electrons. The molecule has 6 heteroatoms. The van der Waals surface area contributed by atoms with Crippen LogP contribution in [0.1, 0.15) is 20.8 Å². The van der Waals surface area contributed by atoms with Gasteiger partial charge in [-0.15, -0.1) is 0 Å². The molecule has 2 rings (SSSR count).